The lowest BCUT2D eigenvalue weighted by Gasteiger charge is -2.11. The molecule has 0 aliphatic rings. The van der Waals surface area contributed by atoms with Crippen molar-refractivity contribution >= 4 is 17.3 Å². The van der Waals surface area contributed by atoms with Gasteiger partial charge in [0.2, 0.25) is 0 Å². The summed E-state index contributed by atoms with van der Waals surface area (Å²) in [7, 11) is 1.61. The van der Waals surface area contributed by atoms with Crippen LogP contribution in [0.3, 0.4) is 0 Å². The number of methoxy groups -OCH3 is 1. The third-order valence-corrected chi connectivity index (χ3v) is 3.27. The van der Waals surface area contributed by atoms with Crippen LogP contribution in [0.1, 0.15) is 18.1 Å². The molecule has 0 saturated carbocycles. The highest BCUT2D eigenvalue weighted by Gasteiger charge is 2.06. The molecule has 0 fully saturated rings. The number of oxime groups is 1. The van der Waals surface area contributed by atoms with Gasteiger partial charge in [0.05, 0.1) is 12.8 Å². The van der Waals surface area contributed by atoms with Gasteiger partial charge in [-0.15, -0.1) is 0 Å². The van der Waals surface area contributed by atoms with Crippen LogP contribution >= 0.6 is 11.6 Å². The van der Waals surface area contributed by atoms with Crippen molar-refractivity contribution in [1.29, 1.82) is 0 Å². The molecule has 21 heavy (non-hydrogen) atoms. The summed E-state index contributed by atoms with van der Waals surface area (Å²) in [5.41, 5.74) is 2.19. The summed E-state index contributed by atoms with van der Waals surface area (Å²) in [6.07, 6.45) is 0. The second-order valence-electron chi connectivity index (χ2n) is 4.46. The average molecular weight is 306 g/mol. The fourth-order valence-electron chi connectivity index (χ4n) is 1.89. The van der Waals surface area contributed by atoms with E-state index >= 15 is 0 Å². The Labute approximate surface area is 128 Å². The van der Waals surface area contributed by atoms with Crippen LogP contribution in [0.25, 0.3) is 0 Å². The number of hydrogen-bond donors (Lipinski definition) is 1. The molecule has 0 atom stereocenters. The van der Waals surface area contributed by atoms with Crippen LogP contribution in [0.15, 0.2) is 47.6 Å². The van der Waals surface area contributed by atoms with Crippen LogP contribution in [0, 0.1) is 0 Å². The zero-order valence-electron chi connectivity index (χ0n) is 11.8. The summed E-state index contributed by atoms with van der Waals surface area (Å²) in [6, 6.07) is 12.7. The van der Waals surface area contributed by atoms with Crippen LogP contribution in [-0.4, -0.2) is 18.0 Å². The summed E-state index contributed by atoms with van der Waals surface area (Å²) in [6.45, 7) is 2.06. The van der Waals surface area contributed by atoms with Gasteiger partial charge in [0.25, 0.3) is 0 Å². The van der Waals surface area contributed by atoms with E-state index in [2.05, 4.69) is 5.16 Å². The first-order chi connectivity index (χ1) is 10.1. The predicted octanol–water partition coefficient (Wildman–Crippen LogP) is 4.13. The van der Waals surface area contributed by atoms with Crippen LogP contribution < -0.4 is 9.47 Å². The van der Waals surface area contributed by atoms with Gasteiger partial charge in [-0.05, 0) is 37.3 Å². The van der Waals surface area contributed by atoms with E-state index in [9.17, 15) is 0 Å². The standard InChI is InChI=1S/C16H16ClNO3/c1-11(18-19)12-4-3-5-15(9-12)21-10-13-8-14(17)6-7-16(13)20-2/h3-9,19H,10H2,1-2H3/b18-11+. The molecule has 0 saturated heterocycles. The average Bonchev–Trinajstić information content (AvgIpc) is 2.52. The lowest BCUT2D eigenvalue weighted by Crippen LogP contribution is -2.00. The molecule has 2 rings (SSSR count). The highest BCUT2D eigenvalue weighted by atomic mass is 35.5. The van der Waals surface area contributed by atoms with Crippen LogP contribution in [0.5, 0.6) is 11.5 Å². The van der Waals surface area contributed by atoms with Gasteiger partial charge in [0.15, 0.2) is 0 Å². The lowest BCUT2D eigenvalue weighted by atomic mass is 10.1. The third-order valence-electron chi connectivity index (χ3n) is 3.04. The van der Waals surface area contributed by atoms with E-state index < -0.39 is 0 Å². The van der Waals surface area contributed by atoms with E-state index in [1.165, 1.54) is 0 Å². The molecular formula is C16H16ClNO3. The van der Waals surface area contributed by atoms with Crippen molar-refractivity contribution in [3.05, 3.63) is 58.6 Å². The molecule has 110 valence electrons. The molecule has 0 bridgehead atoms. The summed E-state index contributed by atoms with van der Waals surface area (Å²) in [4.78, 5) is 0. The Hall–Kier alpha value is -2.20. The molecule has 0 spiro atoms. The third kappa shape index (κ3) is 3.89. The number of ether oxygens (including phenoxy) is 2. The number of halogens is 1. The van der Waals surface area contributed by atoms with Crippen molar-refractivity contribution in [3.8, 4) is 11.5 Å². The molecule has 0 amide bonds. The Balaban J connectivity index is 2.15. The highest BCUT2D eigenvalue weighted by Crippen LogP contribution is 2.24. The SMILES string of the molecule is COc1ccc(Cl)cc1COc1cccc(/C(C)=N/O)c1. The van der Waals surface area contributed by atoms with Crippen LogP contribution in [0.4, 0.5) is 0 Å². The number of benzene rings is 2. The molecule has 0 radical (unpaired) electrons. The van der Waals surface area contributed by atoms with E-state index in [1.807, 2.05) is 30.3 Å². The second-order valence-corrected chi connectivity index (χ2v) is 4.89. The Morgan fingerprint density at radius 1 is 1.24 bits per heavy atom. The fraction of sp³-hybridized carbons (Fsp3) is 0.188. The smallest absolute Gasteiger partial charge is 0.125 e. The Bertz CT molecular complexity index is 656. The predicted molar refractivity (Wildman–Crippen MR) is 82.8 cm³/mol. The van der Waals surface area contributed by atoms with Gasteiger partial charge in [-0.3, -0.25) is 0 Å². The molecule has 1 N–H and O–H groups in total. The Kier molecular flexibility index (Phi) is 5.06. The molecular weight excluding hydrogens is 290 g/mol. The fourth-order valence-corrected chi connectivity index (χ4v) is 2.08. The Morgan fingerprint density at radius 3 is 2.76 bits per heavy atom. The van der Waals surface area contributed by atoms with Gasteiger partial charge in [-0.2, -0.15) is 0 Å². The van der Waals surface area contributed by atoms with Crippen molar-refractivity contribution in [3.63, 3.8) is 0 Å². The first kappa shape index (κ1) is 15.2. The first-order valence-corrected chi connectivity index (χ1v) is 6.76. The zero-order valence-corrected chi connectivity index (χ0v) is 12.6. The van der Waals surface area contributed by atoms with Crippen molar-refractivity contribution in [2.45, 2.75) is 13.5 Å². The molecule has 2 aromatic rings. The molecule has 0 aliphatic heterocycles. The van der Waals surface area contributed by atoms with Gasteiger partial charge in [0.1, 0.15) is 18.1 Å². The summed E-state index contributed by atoms with van der Waals surface area (Å²) >= 11 is 5.99. The van der Waals surface area contributed by atoms with Crippen LogP contribution in [0.2, 0.25) is 5.02 Å². The normalized spacial score (nSPS) is 11.3. The van der Waals surface area contributed by atoms with E-state index in [-0.39, 0.29) is 0 Å². The van der Waals surface area contributed by atoms with E-state index in [1.54, 1.807) is 26.2 Å². The van der Waals surface area contributed by atoms with E-state index in [0.29, 0.717) is 23.1 Å². The van der Waals surface area contributed by atoms with Crippen LogP contribution in [-0.2, 0) is 6.61 Å². The number of rotatable bonds is 5. The molecule has 4 nitrogen and oxygen atoms in total. The van der Waals surface area contributed by atoms with Gasteiger partial charge < -0.3 is 14.7 Å². The lowest BCUT2D eigenvalue weighted by molar-refractivity contribution is 0.296. The van der Waals surface area contributed by atoms with Crippen molar-refractivity contribution in [2.24, 2.45) is 5.16 Å². The monoisotopic (exact) mass is 305 g/mol. The number of nitrogens with zero attached hydrogens (tertiary/aromatic N) is 1. The Morgan fingerprint density at radius 2 is 2.05 bits per heavy atom. The zero-order chi connectivity index (χ0) is 15.2. The highest BCUT2D eigenvalue weighted by molar-refractivity contribution is 6.30. The van der Waals surface area contributed by atoms with E-state index in [0.717, 1.165) is 16.9 Å². The summed E-state index contributed by atoms with van der Waals surface area (Å²) < 4.78 is 11.0. The maximum atomic E-state index is 8.80. The molecule has 5 heteroatoms. The minimum absolute atomic E-state index is 0.336. The quantitative estimate of drug-likeness (QED) is 0.513. The second kappa shape index (κ2) is 6.99. The topological polar surface area (TPSA) is 51.0 Å². The summed E-state index contributed by atoms with van der Waals surface area (Å²) in [5.74, 6) is 1.40. The van der Waals surface area contributed by atoms with E-state index in [4.69, 9.17) is 26.3 Å². The molecule has 0 unspecified atom stereocenters. The molecule has 0 aliphatic carbocycles. The largest absolute Gasteiger partial charge is 0.496 e. The first-order valence-electron chi connectivity index (χ1n) is 6.38. The van der Waals surface area contributed by atoms with Gasteiger partial charge in [-0.25, -0.2) is 0 Å². The molecule has 2 aromatic carbocycles. The summed E-state index contributed by atoms with van der Waals surface area (Å²) in [5, 5.41) is 12.6. The van der Waals surface area contributed by atoms with Crippen molar-refractivity contribution in [2.75, 3.05) is 7.11 Å². The molecule has 0 aromatic heterocycles. The minimum atomic E-state index is 0.336. The van der Waals surface area contributed by atoms with Gasteiger partial charge in [0, 0.05) is 16.1 Å². The maximum absolute atomic E-state index is 8.80. The van der Waals surface area contributed by atoms with Crippen molar-refractivity contribution in [1.82, 2.24) is 0 Å². The maximum Gasteiger partial charge on any atom is 0.125 e. The minimum Gasteiger partial charge on any atom is -0.496 e. The van der Waals surface area contributed by atoms with Crippen molar-refractivity contribution < 1.29 is 14.7 Å². The molecule has 0 heterocycles. The van der Waals surface area contributed by atoms with Gasteiger partial charge in [-0.1, -0.05) is 28.9 Å². The number of hydrogen-bond acceptors (Lipinski definition) is 4. The van der Waals surface area contributed by atoms with Gasteiger partial charge >= 0.3 is 0 Å².